The number of carbonyl (C=O) groups is 2. The predicted octanol–water partition coefficient (Wildman–Crippen LogP) is 0.121. The van der Waals surface area contributed by atoms with Gasteiger partial charge in [-0.15, -0.1) is 0 Å². The van der Waals surface area contributed by atoms with E-state index in [2.05, 4.69) is 18.9 Å². The molecule has 1 amide bonds. The number of rotatable bonds is 5. The largest absolute Gasteiger partial charge is 0.481 e. The summed E-state index contributed by atoms with van der Waals surface area (Å²) in [5.41, 5.74) is 5.83. The van der Waals surface area contributed by atoms with E-state index in [1.165, 1.54) is 0 Å². The zero-order valence-corrected chi connectivity index (χ0v) is 11.8. The lowest BCUT2D eigenvalue weighted by Crippen LogP contribution is -2.50. The first-order chi connectivity index (χ1) is 8.95. The lowest BCUT2D eigenvalue weighted by molar-refractivity contribution is -0.138. The fourth-order valence-corrected chi connectivity index (χ4v) is 2.50. The number of carboxylic acids is 1. The third-order valence-corrected chi connectivity index (χ3v) is 3.64. The van der Waals surface area contributed by atoms with Crippen LogP contribution in [-0.4, -0.2) is 65.5 Å². The number of hydrogen-bond acceptors (Lipinski definition) is 4. The van der Waals surface area contributed by atoms with Gasteiger partial charge in [0.05, 0.1) is 6.04 Å². The highest BCUT2D eigenvalue weighted by Crippen LogP contribution is 2.14. The second-order valence-corrected chi connectivity index (χ2v) is 5.25. The molecule has 19 heavy (non-hydrogen) atoms. The number of amides is 1. The fourth-order valence-electron chi connectivity index (χ4n) is 2.50. The lowest BCUT2D eigenvalue weighted by Gasteiger charge is -2.32. The van der Waals surface area contributed by atoms with Crippen molar-refractivity contribution in [2.75, 3.05) is 26.7 Å². The molecule has 1 rings (SSSR count). The van der Waals surface area contributed by atoms with Crippen LogP contribution < -0.4 is 5.73 Å². The van der Waals surface area contributed by atoms with Crippen LogP contribution in [0.4, 0.5) is 0 Å². The van der Waals surface area contributed by atoms with Crippen molar-refractivity contribution in [2.45, 2.75) is 44.7 Å². The summed E-state index contributed by atoms with van der Waals surface area (Å²) in [6.45, 7) is 4.61. The zero-order valence-electron chi connectivity index (χ0n) is 11.8. The van der Waals surface area contributed by atoms with Gasteiger partial charge in [0, 0.05) is 25.6 Å². The highest BCUT2D eigenvalue weighted by Gasteiger charge is 2.29. The predicted molar refractivity (Wildman–Crippen MR) is 72.8 cm³/mol. The van der Waals surface area contributed by atoms with E-state index in [1.807, 2.05) is 4.90 Å². The van der Waals surface area contributed by atoms with Crippen molar-refractivity contribution >= 4 is 11.9 Å². The molecule has 1 aliphatic rings. The van der Waals surface area contributed by atoms with E-state index in [4.69, 9.17) is 10.8 Å². The van der Waals surface area contributed by atoms with Gasteiger partial charge < -0.3 is 20.6 Å². The van der Waals surface area contributed by atoms with Crippen LogP contribution in [0.3, 0.4) is 0 Å². The Morgan fingerprint density at radius 2 is 2.11 bits per heavy atom. The summed E-state index contributed by atoms with van der Waals surface area (Å²) in [5, 5.41) is 8.65. The Morgan fingerprint density at radius 1 is 1.42 bits per heavy atom. The van der Waals surface area contributed by atoms with Gasteiger partial charge in [0.2, 0.25) is 5.91 Å². The van der Waals surface area contributed by atoms with Gasteiger partial charge in [0.1, 0.15) is 0 Å². The molecule has 0 bridgehead atoms. The Hall–Kier alpha value is -1.14. The normalized spacial score (nSPS) is 22.9. The molecule has 1 heterocycles. The summed E-state index contributed by atoms with van der Waals surface area (Å²) < 4.78 is 0. The molecular weight excluding hydrogens is 246 g/mol. The van der Waals surface area contributed by atoms with Crippen molar-refractivity contribution < 1.29 is 14.7 Å². The van der Waals surface area contributed by atoms with E-state index < -0.39 is 12.0 Å². The van der Waals surface area contributed by atoms with Gasteiger partial charge in [-0.2, -0.15) is 0 Å². The molecule has 0 aromatic rings. The van der Waals surface area contributed by atoms with Crippen LogP contribution in [0.25, 0.3) is 0 Å². The average Bonchev–Trinajstić information content (AvgIpc) is 2.56. The number of hydrogen-bond donors (Lipinski definition) is 2. The molecule has 6 heteroatoms. The Kier molecular flexibility index (Phi) is 6.24. The topological polar surface area (TPSA) is 86.9 Å². The zero-order chi connectivity index (χ0) is 14.4. The number of nitrogens with two attached hydrogens (primary N) is 1. The minimum Gasteiger partial charge on any atom is -0.481 e. The van der Waals surface area contributed by atoms with Crippen LogP contribution in [0, 0.1) is 0 Å². The minimum atomic E-state index is -0.911. The first kappa shape index (κ1) is 15.9. The van der Waals surface area contributed by atoms with Gasteiger partial charge in [-0.05, 0) is 32.9 Å². The van der Waals surface area contributed by atoms with E-state index in [1.54, 1.807) is 0 Å². The Morgan fingerprint density at radius 3 is 2.68 bits per heavy atom. The molecule has 0 spiro atoms. The molecule has 0 aliphatic carbocycles. The van der Waals surface area contributed by atoms with E-state index in [-0.39, 0.29) is 24.8 Å². The molecule has 110 valence electrons. The van der Waals surface area contributed by atoms with Crippen molar-refractivity contribution in [3.8, 4) is 0 Å². The molecule has 1 aliphatic heterocycles. The van der Waals surface area contributed by atoms with Gasteiger partial charge in [-0.25, -0.2) is 0 Å². The summed E-state index contributed by atoms with van der Waals surface area (Å²) >= 11 is 0. The number of aliphatic carboxylic acids is 1. The first-order valence-corrected chi connectivity index (χ1v) is 6.92. The number of nitrogens with zero attached hydrogens (tertiary/aromatic N) is 2. The highest BCUT2D eigenvalue weighted by molar-refractivity contribution is 5.82. The van der Waals surface area contributed by atoms with Gasteiger partial charge in [0.25, 0.3) is 0 Å². The maximum absolute atomic E-state index is 12.3. The summed E-state index contributed by atoms with van der Waals surface area (Å²) in [7, 11) is 2.06. The van der Waals surface area contributed by atoms with E-state index in [9.17, 15) is 9.59 Å². The van der Waals surface area contributed by atoms with E-state index >= 15 is 0 Å². The molecular formula is C13H25N3O3. The second kappa shape index (κ2) is 7.45. The molecule has 0 aromatic heterocycles. The maximum Gasteiger partial charge on any atom is 0.303 e. The Labute approximate surface area is 114 Å². The molecule has 0 saturated carbocycles. The molecule has 2 unspecified atom stereocenters. The SMILES string of the molecule is CCC1CN(C)CCCN1C(=O)C(N)CCC(=O)O. The molecule has 0 radical (unpaired) electrons. The van der Waals surface area contributed by atoms with Gasteiger partial charge in [0.15, 0.2) is 0 Å². The molecule has 3 N–H and O–H groups in total. The average molecular weight is 271 g/mol. The maximum atomic E-state index is 12.3. The quantitative estimate of drug-likeness (QED) is 0.741. The lowest BCUT2D eigenvalue weighted by atomic mass is 10.1. The monoisotopic (exact) mass is 271 g/mol. The van der Waals surface area contributed by atoms with Gasteiger partial charge in [-0.3, -0.25) is 9.59 Å². The van der Waals surface area contributed by atoms with Crippen LogP contribution in [0.5, 0.6) is 0 Å². The number of carbonyl (C=O) groups excluding carboxylic acids is 1. The van der Waals surface area contributed by atoms with Crippen LogP contribution >= 0.6 is 0 Å². The summed E-state index contributed by atoms with van der Waals surface area (Å²) in [5.74, 6) is -1.02. The van der Waals surface area contributed by atoms with Crippen LogP contribution in [0.15, 0.2) is 0 Å². The summed E-state index contributed by atoms with van der Waals surface area (Å²) in [6.07, 6.45) is 1.97. The second-order valence-electron chi connectivity index (χ2n) is 5.25. The van der Waals surface area contributed by atoms with Crippen molar-refractivity contribution in [1.29, 1.82) is 0 Å². The van der Waals surface area contributed by atoms with Crippen molar-refractivity contribution in [1.82, 2.24) is 9.80 Å². The first-order valence-electron chi connectivity index (χ1n) is 6.92. The Bertz CT molecular complexity index is 322. The van der Waals surface area contributed by atoms with Crippen molar-refractivity contribution in [3.63, 3.8) is 0 Å². The standard InChI is InChI=1S/C13H25N3O3/c1-3-10-9-15(2)7-4-8-16(10)13(19)11(14)5-6-12(17)18/h10-11H,3-9,14H2,1-2H3,(H,17,18). The molecule has 1 saturated heterocycles. The van der Waals surface area contributed by atoms with Crippen molar-refractivity contribution in [2.24, 2.45) is 5.73 Å². The molecule has 0 aromatic carbocycles. The fraction of sp³-hybridized carbons (Fsp3) is 0.846. The molecule has 6 nitrogen and oxygen atoms in total. The third-order valence-electron chi connectivity index (χ3n) is 3.64. The highest BCUT2D eigenvalue weighted by atomic mass is 16.4. The van der Waals surface area contributed by atoms with E-state index in [0.717, 1.165) is 25.9 Å². The minimum absolute atomic E-state index is 0.0581. The third kappa shape index (κ3) is 4.80. The van der Waals surface area contributed by atoms with Crippen molar-refractivity contribution in [3.05, 3.63) is 0 Å². The number of carboxylic acid groups (broad SMARTS) is 1. The van der Waals surface area contributed by atoms with Crippen LogP contribution in [0.2, 0.25) is 0 Å². The summed E-state index contributed by atoms with van der Waals surface area (Å²) in [4.78, 5) is 26.9. The Balaban J connectivity index is 2.63. The van der Waals surface area contributed by atoms with Gasteiger partial charge in [-0.1, -0.05) is 6.92 Å². The summed E-state index contributed by atoms with van der Waals surface area (Å²) in [6, 6.07) is -0.524. The van der Waals surface area contributed by atoms with Gasteiger partial charge >= 0.3 is 5.97 Å². The van der Waals surface area contributed by atoms with Crippen LogP contribution in [0.1, 0.15) is 32.6 Å². The molecule has 2 atom stereocenters. The smallest absolute Gasteiger partial charge is 0.303 e. The molecule has 1 fully saturated rings. The van der Waals surface area contributed by atoms with Crippen LogP contribution in [-0.2, 0) is 9.59 Å². The van der Waals surface area contributed by atoms with E-state index in [0.29, 0.717) is 6.54 Å². The number of likely N-dealkylation sites (N-methyl/N-ethyl adjacent to an activating group) is 1.